The van der Waals surface area contributed by atoms with Crippen LogP contribution in [-0.2, 0) is 18.8 Å². The fourth-order valence-electron chi connectivity index (χ4n) is 3.96. The van der Waals surface area contributed by atoms with Gasteiger partial charge in [0.2, 0.25) is 0 Å². The van der Waals surface area contributed by atoms with Crippen molar-refractivity contribution in [3.05, 3.63) is 24.3 Å². The van der Waals surface area contributed by atoms with Crippen LogP contribution in [-0.4, -0.2) is 36.9 Å². The third-order valence-corrected chi connectivity index (χ3v) is 6.42. The Morgan fingerprint density at radius 3 is 2.21 bits per heavy atom. The van der Waals surface area contributed by atoms with Gasteiger partial charge in [-0.3, -0.25) is 0 Å². The summed E-state index contributed by atoms with van der Waals surface area (Å²) in [4.78, 5) is 12.5. The molecule has 0 bridgehead atoms. The first-order chi connectivity index (χ1) is 13.2. The second-order valence-corrected chi connectivity index (χ2v) is 8.98. The lowest BCUT2D eigenvalue weighted by Crippen LogP contribution is -2.41. The van der Waals surface area contributed by atoms with E-state index in [1.165, 1.54) is 19.3 Å². The molecule has 1 saturated carbocycles. The molecule has 0 aromatic heterocycles. The minimum atomic E-state index is -0.377. The monoisotopic (exact) mass is 387 g/mol. The van der Waals surface area contributed by atoms with Gasteiger partial charge in [0.05, 0.1) is 17.8 Å². The Hall–Kier alpha value is -1.53. The quantitative estimate of drug-likeness (QED) is 0.593. The van der Waals surface area contributed by atoms with Crippen LogP contribution < -0.4 is 10.8 Å². The van der Waals surface area contributed by atoms with Gasteiger partial charge in [-0.05, 0) is 71.0 Å². The van der Waals surface area contributed by atoms with Gasteiger partial charge in [0.1, 0.15) is 6.04 Å². The molecule has 1 aliphatic carbocycles. The van der Waals surface area contributed by atoms with Crippen LogP contribution in [0.4, 0.5) is 5.69 Å². The smallest absolute Gasteiger partial charge is 0.464 e. The largest absolute Gasteiger partial charge is 0.494 e. The zero-order valence-electron chi connectivity index (χ0n) is 17.9. The molecule has 0 amide bonds. The van der Waals surface area contributed by atoms with Gasteiger partial charge in [0.25, 0.3) is 0 Å². The van der Waals surface area contributed by atoms with Crippen molar-refractivity contribution in [3.63, 3.8) is 0 Å². The summed E-state index contributed by atoms with van der Waals surface area (Å²) in [5.41, 5.74) is 1.19. The second kappa shape index (κ2) is 8.46. The van der Waals surface area contributed by atoms with Crippen molar-refractivity contribution >= 4 is 24.2 Å². The summed E-state index contributed by atoms with van der Waals surface area (Å²) in [6.45, 7) is 10.5. The minimum Gasteiger partial charge on any atom is -0.464 e. The molecule has 1 atom stereocenters. The van der Waals surface area contributed by atoms with E-state index in [2.05, 4.69) is 33.0 Å². The van der Waals surface area contributed by atoms with Crippen LogP contribution in [0.15, 0.2) is 24.3 Å². The van der Waals surface area contributed by atoms with E-state index in [4.69, 9.17) is 14.0 Å². The topological polar surface area (TPSA) is 56.8 Å². The predicted octanol–water partition coefficient (Wildman–Crippen LogP) is 3.91. The number of benzene rings is 1. The molecule has 2 fully saturated rings. The molecule has 0 spiro atoms. The second-order valence-electron chi connectivity index (χ2n) is 8.98. The number of carbonyl (C=O) groups excluding carboxylic acids is 1. The maximum atomic E-state index is 12.5. The normalized spacial score (nSPS) is 22.7. The third kappa shape index (κ3) is 4.55. The Kier molecular flexibility index (Phi) is 6.40. The van der Waals surface area contributed by atoms with E-state index >= 15 is 0 Å². The van der Waals surface area contributed by atoms with Crippen molar-refractivity contribution in [1.29, 1.82) is 0 Å². The lowest BCUT2D eigenvalue weighted by atomic mass is 9.79. The summed E-state index contributed by atoms with van der Waals surface area (Å²) in [5, 5.41) is 3.43. The van der Waals surface area contributed by atoms with Gasteiger partial charge in [0, 0.05) is 5.69 Å². The Morgan fingerprint density at radius 2 is 1.68 bits per heavy atom. The van der Waals surface area contributed by atoms with Crippen molar-refractivity contribution in [2.75, 3.05) is 11.9 Å². The molecular formula is C22H34BNO4. The van der Waals surface area contributed by atoms with Crippen LogP contribution in [0, 0.1) is 5.92 Å². The Bertz CT molecular complexity index is 652. The minimum absolute atomic E-state index is 0.149. The van der Waals surface area contributed by atoms with Crippen molar-refractivity contribution in [1.82, 2.24) is 0 Å². The predicted molar refractivity (Wildman–Crippen MR) is 113 cm³/mol. The van der Waals surface area contributed by atoms with E-state index in [1.807, 2.05) is 31.2 Å². The van der Waals surface area contributed by atoms with Crippen LogP contribution in [0.25, 0.3) is 0 Å². The zero-order chi connectivity index (χ0) is 20.4. The SMILES string of the molecule is CCOC(=O)C(Nc1ccc(B2OC(C)(C)C(C)(C)O2)cc1)C1CCCCC1. The zero-order valence-corrected chi connectivity index (χ0v) is 17.9. The number of anilines is 1. The molecule has 1 N–H and O–H groups in total. The molecule has 0 radical (unpaired) electrons. The van der Waals surface area contributed by atoms with Gasteiger partial charge >= 0.3 is 13.1 Å². The highest BCUT2D eigenvalue weighted by molar-refractivity contribution is 6.62. The molecule has 1 unspecified atom stereocenters. The van der Waals surface area contributed by atoms with Gasteiger partial charge < -0.3 is 19.4 Å². The molecule has 28 heavy (non-hydrogen) atoms. The van der Waals surface area contributed by atoms with Gasteiger partial charge in [-0.15, -0.1) is 0 Å². The first kappa shape index (κ1) is 21.2. The number of ether oxygens (including phenoxy) is 1. The summed E-state index contributed by atoms with van der Waals surface area (Å²) < 4.78 is 17.6. The Labute approximate surface area is 169 Å². The van der Waals surface area contributed by atoms with Crippen molar-refractivity contribution in [2.24, 2.45) is 5.92 Å². The van der Waals surface area contributed by atoms with Crippen LogP contribution >= 0.6 is 0 Å². The molecule has 1 aromatic rings. The first-order valence-corrected chi connectivity index (χ1v) is 10.6. The lowest BCUT2D eigenvalue weighted by Gasteiger charge is -2.32. The van der Waals surface area contributed by atoms with E-state index in [1.54, 1.807) is 0 Å². The molecule has 1 saturated heterocycles. The maximum absolute atomic E-state index is 12.5. The van der Waals surface area contributed by atoms with Gasteiger partial charge in [-0.25, -0.2) is 4.79 Å². The number of rotatable bonds is 6. The summed E-state index contributed by atoms with van der Waals surface area (Å²) in [5.74, 6) is 0.181. The Morgan fingerprint density at radius 1 is 1.11 bits per heavy atom. The molecule has 3 rings (SSSR count). The molecule has 1 heterocycles. The standard InChI is InChI=1S/C22H34BNO4/c1-6-26-20(25)19(16-10-8-7-9-11-16)24-18-14-12-17(13-15-18)23-27-21(2,3)22(4,5)28-23/h12-16,19,24H,6-11H2,1-5H3. The summed E-state index contributed by atoms with van der Waals surface area (Å²) in [6.07, 6.45) is 5.77. The van der Waals surface area contributed by atoms with E-state index < -0.39 is 0 Å². The van der Waals surface area contributed by atoms with E-state index in [9.17, 15) is 4.79 Å². The van der Waals surface area contributed by atoms with E-state index in [0.717, 1.165) is 24.0 Å². The van der Waals surface area contributed by atoms with Crippen LogP contribution in [0.2, 0.25) is 0 Å². The third-order valence-electron chi connectivity index (χ3n) is 6.42. The fraction of sp³-hybridized carbons (Fsp3) is 0.682. The highest BCUT2D eigenvalue weighted by Gasteiger charge is 2.51. The van der Waals surface area contributed by atoms with Crippen LogP contribution in [0.1, 0.15) is 66.7 Å². The fourth-order valence-corrected chi connectivity index (χ4v) is 3.96. The van der Waals surface area contributed by atoms with Crippen LogP contribution in [0.3, 0.4) is 0 Å². The molecule has 1 aliphatic heterocycles. The van der Waals surface area contributed by atoms with Gasteiger partial charge in [-0.2, -0.15) is 0 Å². The number of esters is 1. The lowest BCUT2D eigenvalue weighted by molar-refractivity contribution is -0.145. The average Bonchev–Trinajstić information content (AvgIpc) is 2.88. The summed E-state index contributed by atoms with van der Waals surface area (Å²) >= 11 is 0. The van der Waals surface area contributed by atoms with Crippen molar-refractivity contribution < 1.29 is 18.8 Å². The molecule has 154 valence electrons. The maximum Gasteiger partial charge on any atom is 0.494 e. The molecular weight excluding hydrogens is 353 g/mol. The van der Waals surface area contributed by atoms with Gasteiger partial charge in [-0.1, -0.05) is 31.4 Å². The van der Waals surface area contributed by atoms with Crippen molar-refractivity contribution in [2.45, 2.75) is 84.0 Å². The highest BCUT2D eigenvalue weighted by Crippen LogP contribution is 2.36. The van der Waals surface area contributed by atoms with Gasteiger partial charge in [0.15, 0.2) is 0 Å². The molecule has 5 nitrogen and oxygen atoms in total. The first-order valence-electron chi connectivity index (χ1n) is 10.6. The number of hydrogen-bond acceptors (Lipinski definition) is 5. The molecule has 2 aliphatic rings. The molecule has 6 heteroatoms. The summed E-state index contributed by atoms with van der Waals surface area (Å²) in [7, 11) is -0.377. The summed E-state index contributed by atoms with van der Waals surface area (Å²) in [6, 6.07) is 7.72. The highest BCUT2D eigenvalue weighted by atomic mass is 16.7. The molecule has 1 aromatic carbocycles. The number of nitrogens with one attached hydrogen (secondary N) is 1. The average molecular weight is 387 g/mol. The van der Waals surface area contributed by atoms with E-state index in [-0.39, 0.29) is 30.3 Å². The van der Waals surface area contributed by atoms with Crippen LogP contribution in [0.5, 0.6) is 0 Å². The number of carbonyl (C=O) groups is 1. The van der Waals surface area contributed by atoms with E-state index in [0.29, 0.717) is 12.5 Å². The Balaban J connectivity index is 1.70. The number of hydrogen-bond donors (Lipinski definition) is 1. The van der Waals surface area contributed by atoms with Crippen molar-refractivity contribution in [3.8, 4) is 0 Å².